The lowest BCUT2D eigenvalue weighted by molar-refractivity contribution is -0.167. The minimum atomic E-state index is -0.760. The van der Waals surface area contributed by atoms with Crippen LogP contribution in [0.15, 0.2) is 12.7 Å². The molecule has 0 fully saturated rings. The van der Waals surface area contributed by atoms with Crippen molar-refractivity contribution in [2.75, 3.05) is 19.8 Å². The highest BCUT2D eigenvalue weighted by molar-refractivity contribution is 5.71. The van der Waals surface area contributed by atoms with E-state index in [0.29, 0.717) is 32.3 Å². The monoisotopic (exact) mass is 1000 g/mol. The zero-order chi connectivity index (χ0) is 52.2. The fourth-order valence-electron chi connectivity index (χ4n) is 9.05. The fourth-order valence-corrected chi connectivity index (χ4v) is 9.05. The number of esters is 4. The van der Waals surface area contributed by atoms with Crippen molar-refractivity contribution in [3.05, 3.63) is 12.7 Å². The SMILES string of the molecule is C=CCOC(=O)CC.CCCCCCCCCCCCCCCCCC(=O)OCC(COC(=O)CCCCCCCCCCCCCCCCC)OC(=O)CCCCCCCCCCCCCCCCC. The Balaban J connectivity index is 0. The minimum Gasteiger partial charge on any atom is -0.462 e. The Morgan fingerprint density at radius 3 is 0.761 bits per heavy atom. The van der Waals surface area contributed by atoms with Gasteiger partial charge in [-0.2, -0.15) is 0 Å². The molecule has 8 heteroatoms. The van der Waals surface area contributed by atoms with Crippen LogP contribution in [0.2, 0.25) is 0 Å². The maximum absolute atomic E-state index is 12.8. The summed E-state index contributed by atoms with van der Waals surface area (Å²) in [7, 11) is 0. The zero-order valence-corrected chi connectivity index (χ0v) is 47.9. The molecule has 0 aliphatic rings. The molecule has 0 N–H and O–H groups in total. The Hall–Kier alpha value is -2.38. The average Bonchev–Trinajstić information content (AvgIpc) is 3.37. The van der Waals surface area contributed by atoms with E-state index < -0.39 is 6.10 Å². The van der Waals surface area contributed by atoms with E-state index in [1.165, 1.54) is 231 Å². The van der Waals surface area contributed by atoms with Crippen molar-refractivity contribution in [1.82, 2.24) is 0 Å². The number of hydrogen-bond donors (Lipinski definition) is 0. The van der Waals surface area contributed by atoms with Gasteiger partial charge in [-0.25, -0.2) is 0 Å². The molecule has 0 aromatic rings. The van der Waals surface area contributed by atoms with Crippen LogP contribution in [0.4, 0.5) is 0 Å². The number of unbranched alkanes of at least 4 members (excludes halogenated alkanes) is 42. The molecule has 0 bridgehead atoms. The summed E-state index contributed by atoms with van der Waals surface area (Å²) in [5.74, 6) is -1.01. The van der Waals surface area contributed by atoms with Gasteiger partial charge >= 0.3 is 23.9 Å². The smallest absolute Gasteiger partial charge is 0.306 e. The van der Waals surface area contributed by atoms with Crippen molar-refractivity contribution < 1.29 is 38.1 Å². The molecular weight excluding hydrogens is 885 g/mol. The molecule has 0 unspecified atom stereocenters. The summed E-state index contributed by atoms with van der Waals surface area (Å²) in [5.41, 5.74) is 0. The number of rotatable bonds is 56. The standard InChI is InChI=1S/C57H110O6.C6H10O2/c1-4-7-10-13-16-19-22-25-28-31-34-37-40-43-46-49-55(58)61-52-54(63-57(60)51-48-45-42-39-36-33-30-27-24-21-18-15-12-9-6-3)53-62-56(59)50-47-44-41-38-35-32-29-26-23-20-17-14-11-8-5-2;1-3-5-8-6(7)4-2/h54H,4-53H2,1-3H3;3H,1,4-5H2,2H3. The van der Waals surface area contributed by atoms with E-state index in [2.05, 4.69) is 32.1 Å². The first kappa shape index (κ1) is 70.7. The maximum atomic E-state index is 12.8. The first-order chi connectivity index (χ1) is 34.8. The molecule has 0 radical (unpaired) electrons. The van der Waals surface area contributed by atoms with E-state index in [0.717, 1.165) is 57.8 Å². The molecule has 0 aliphatic carbocycles. The van der Waals surface area contributed by atoms with E-state index in [4.69, 9.17) is 14.2 Å². The largest absolute Gasteiger partial charge is 0.462 e. The highest BCUT2D eigenvalue weighted by Gasteiger charge is 2.19. The summed E-state index contributed by atoms with van der Waals surface area (Å²) in [4.78, 5) is 48.4. The van der Waals surface area contributed by atoms with Crippen LogP contribution in [0.25, 0.3) is 0 Å². The summed E-state index contributed by atoms with van der Waals surface area (Å²) in [6.45, 7) is 12.2. The summed E-state index contributed by atoms with van der Waals surface area (Å²) in [5, 5.41) is 0. The predicted octanol–water partition coefficient (Wildman–Crippen LogP) is 19.9. The molecule has 0 aromatic carbocycles. The van der Waals surface area contributed by atoms with E-state index in [1.54, 1.807) is 13.0 Å². The number of ether oxygens (including phenoxy) is 4. The lowest BCUT2D eigenvalue weighted by Gasteiger charge is -2.18. The first-order valence-electron chi connectivity index (χ1n) is 31.1. The van der Waals surface area contributed by atoms with Gasteiger partial charge in [-0.3, -0.25) is 19.2 Å². The Morgan fingerprint density at radius 2 is 0.535 bits per heavy atom. The lowest BCUT2D eigenvalue weighted by atomic mass is 10.0. The average molecular weight is 1010 g/mol. The number of carbonyl (C=O) groups is 4. The van der Waals surface area contributed by atoms with Crippen LogP contribution in [0.3, 0.4) is 0 Å². The molecule has 0 aromatic heterocycles. The van der Waals surface area contributed by atoms with Crippen molar-refractivity contribution in [3.63, 3.8) is 0 Å². The second kappa shape index (κ2) is 61.9. The Labute approximate surface area is 441 Å². The molecule has 0 heterocycles. The van der Waals surface area contributed by atoms with E-state index >= 15 is 0 Å². The van der Waals surface area contributed by atoms with Crippen LogP contribution in [0.1, 0.15) is 342 Å². The van der Waals surface area contributed by atoms with E-state index in [9.17, 15) is 19.2 Å². The molecule has 420 valence electrons. The van der Waals surface area contributed by atoms with Gasteiger partial charge in [0.05, 0.1) is 0 Å². The molecule has 71 heavy (non-hydrogen) atoms. The molecule has 0 saturated heterocycles. The molecular formula is C63H120O8. The molecule has 0 atom stereocenters. The van der Waals surface area contributed by atoms with E-state index in [-0.39, 0.29) is 37.1 Å². The lowest BCUT2D eigenvalue weighted by Crippen LogP contribution is -2.30. The molecule has 0 aliphatic heterocycles. The second-order valence-electron chi connectivity index (χ2n) is 20.9. The quantitative estimate of drug-likeness (QED) is 0.0257. The molecule has 0 saturated carbocycles. The molecule has 0 spiro atoms. The first-order valence-corrected chi connectivity index (χ1v) is 31.1. The van der Waals surface area contributed by atoms with Crippen LogP contribution < -0.4 is 0 Å². The van der Waals surface area contributed by atoms with Gasteiger partial charge < -0.3 is 18.9 Å². The molecule has 8 nitrogen and oxygen atoms in total. The molecule has 0 amide bonds. The van der Waals surface area contributed by atoms with Crippen molar-refractivity contribution in [1.29, 1.82) is 0 Å². The van der Waals surface area contributed by atoms with Gasteiger partial charge in [-0.15, -0.1) is 0 Å². The van der Waals surface area contributed by atoms with Crippen LogP contribution in [-0.2, 0) is 38.1 Å². The number of carbonyl (C=O) groups excluding carboxylic acids is 4. The van der Waals surface area contributed by atoms with Gasteiger partial charge in [0, 0.05) is 25.7 Å². The van der Waals surface area contributed by atoms with Crippen LogP contribution in [-0.4, -0.2) is 49.8 Å². The van der Waals surface area contributed by atoms with Crippen LogP contribution in [0, 0.1) is 0 Å². The number of hydrogen-bond acceptors (Lipinski definition) is 8. The van der Waals surface area contributed by atoms with E-state index in [1.807, 2.05) is 0 Å². The fraction of sp³-hybridized carbons (Fsp3) is 0.905. The van der Waals surface area contributed by atoms with Gasteiger partial charge in [-0.1, -0.05) is 310 Å². The van der Waals surface area contributed by atoms with Gasteiger partial charge in [0.1, 0.15) is 19.8 Å². The third-order valence-corrected chi connectivity index (χ3v) is 13.8. The summed E-state index contributed by atoms with van der Waals surface area (Å²) in [6, 6.07) is 0. The van der Waals surface area contributed by atoms with Crippen molar-refractivity contribution in [2.45, 2.75) is 348 Å². The Morgan fingerprint density at radius 1 is 0.310 bits per heavy atom. The molecule has 0 rings (SSSR count). The Bertz CT molecular complexity index is 1070. The highest BCUT2D eigenvalue weighted by atomic mass is 16.6. The van der Waals surface area contributed by atoms with Crippen LogP contribution >= 0.6 is 0 Å². The van der Waals surface area contributed by atoms with Crippen molar-refractivity contribution in [2.24, 2.45) is 0 Å². The topological polar surface area (TPSA) is 105 Å². The maximum Gasteiger partial charge on any atom is 0.306 e. The highest BCUT2D eigenvalue weighted by Crippen LogP contribution is 2.18. The van der Waals surface area contributed by atoms with Gasteiger partial charge in [0.25, 0.3) is 0 Å². The normalized spacial score (nSPS) is 11.1. The summed E-state index contributed by atoms with van der Waals surface area (Å²) >= 11 is 0. The summed E-state index contributed by atoms with van der Waals surface area (Å²) in [6.07, 6.45) is 60.0. The third kappa shape index (κ3) is 61.8. The third-order valence-electron chi connectivity index (χ3n) is 13.8. The van der Waals surface area contributed by atoms with Crippen molar-refractivity contribution >= 4 is 23.9 Å². The van der Waals surface area contributed by atoms with Gasteiger partial charge in [0.15, 0.2) is 6.10 Å². The Kier molecular flexibility index (Phi) is 61.7. The van der Waals surface area contributed by atoms with Gasteiger partial charge in [-0.05, 0) is 19.3 Å². The van der Waals surface area contributed by atoms with Crippen molar-refractivity contribution in [3.8, 4) is 0 Å². The second-order valence-corrected chi connectivity index (χ2v) is 20.9. The van der Waals surface area contributed by atoms with Crippen LogP contribution in [0.5, 0.6) is 0 Å². The zero-order valence-electron chi connectivity index (χ0n) is 47.9. The predicted molar refractivity (Wildman–Crippen MR) is 302 cm³/mol. The van der Waals surface area contributed by atoms with Gasteiger partial charge in [0.2, 0.25) is 0 Å². The minimum absolute atomic E-state index is 0.0611. The summed E-state index contributed by atoms with van der Waals surface area (Å²) < 4.78 is 21.5.